The van der Waals surface area contributed by atoms with Crippen LogP contribution < -0.4 is 0 Å². The van der Waals surface area contributed by atoms with E-state index in [0.717, 1.165) is 10.7 Å². The highest BCUT2D eigenvalue weighted by Gasteiger charge is 2.66. The number of aromatic nitrogens is 3. The third-order valence-corrected chi connectivity index (χ3v) is 6.32. The third kappa shape index (κ3) is 2.35. The Kier molecular flexibility index (Phi) is 3.28. The molecule has 1 aromatic carbocycles. The minimum atomic E-state index is -4.53. The van der Waals surface area contributed by atoms with Crippen LogP contribution in [0.2, 0.25) is 0 Å². The van der Waals surface area contributed by atoms with E-state index in [9.17, 15) is 30.4 Å². The largest absolute Gasteiger partial charge is 0.267 e. The van der Waals surface area contributed by atoms with E-state index in [-0.39, 0.29) is 12.0 Å². The highest BCUT2D eigenvalue weighted by Crippen LogP contribution is 2.49. The number of sulfone groups is 1. The van der Waals surface area contributed by atoms with Crippen LogP contribution in [0.3, 0.4) is 0 Å². The van der Waals surface area contributed by atoms with Gasteiger partial charge in [0.1, 0.15) is 5.25 Å². The number of rotatable bonds is 3. The molecule has 5 nitrogen and oxygen atoms in total. The molecule has 1 saturated carbocycles. The molecule has 0 amide bonds. The maximum atomic E-state index is 14.2. The average molecular weight is 379 g/mol. The summed E-state index contributed by atoms with van der Waals surface area (Å²) in [5.74, 6) is -6.12. The van der Waals surface area contributed by atoms with Crippen molar-refractivity contribution >= 4 is 9.84 Å². The first kappa shape index (κ1) is 16.4. The second-order valence-corrected chi connectivity index (χ2v) is 8.08. The first-order valence-electron chi connectivity index (χ1n) is 7.29. The van der Waals surface area contributed by atoms with Crippen molar-refractivity contribution in [3.05, 3.63) is 41.2 Å². The molecule has 0 bridgehead atoms. The number of hydrogen-bond acceptors (Lipinski definition) is 4. The third-order valence-electron chi connectivity index (χ3n) is 4.38. The maximum absolute atomic E-state index is 14.2. The van der Waals surface area contributed by atoms with Crippen molar-refractivity contribution in [1.29, 1.82) is 0 Å². The zero-order chi connectivity index (χ0) is 18.1. The quantitative estimate of drug-likeness (QED) is 0.770. The summed E-state index contributed by atoms with van der Waals surface area (Å²) in [6, 6.07) is 2.21. The van der Waals surface area contributed by atoms with Gasteiger partial charge in [-0.05, 0) is 6.07 Å². The molecule has 0 radical (unpaired) electrons. The summed E-state index contributed by atoms with van der Waals surface area (Å²) >= 11 is 0. The molecule has 0 unspecified atom stereocenters. The van der Waals surface area contributed by atoms with E-state index in [1.165, 1.54) is 12.1 Å². The Morgan fingerprint density at radius 2 is 1.92 bits per heavy atom. The van der Waals surface area contributed by atoms with Gasteiger partial charge >= 0.3 is 0 Å². The molecule has 134 valence electrons. The minimum Gasteiger partial charge on any atom is -0.239 e. The first-order valence-corrected chi connectivity index (χ1v) is 8.83. The van der Waals surface area contributed by atoms with E-state index in [2.05, 4.69) is 10.1 Å². The molecule has 0 N–H and O–H groups in total. The smallest absolute Gasteiger partial charge is 0.239 e. The summed E-state index contributed by atoms with van der Waals surface area (Å²) in [4.78, 5) is 3.54. The summed E-state index contributed by atoms with van der Waals surface area (Å²) < 4.78 is 92.8. The van der Waals surface area contributed by atoms with E-state index in [0.29, 0.717) is 0 Å². The molecule has 2 aromatic rings. The Morgan fingerprint density at radius 1 is 1.24 bits per heavy atom. The molecule has 0 saturated heterocycles. The van der Waals surface area contributed by atoms with Crippen LogP contribution >= 0.6 is 0 Å². The SMILES string of the molecule is O=S(=O)(c1nc2n(n1)[C@H](c1cccc(F)c1F)C[C@@H]2F)[C@H]1CC1(F)F. The number of benzene rings is 1. The topological polar surface area (TPSA) is 64.8 Å². The highest BCUT2D eigenvalue weighted by atomic mass is 32.2. The normalized spacial score (nSPS) is 27.3. The van der Waals surface area contributed by atoms with Crippen molar-refractivity contribution in [2.45, 2.75) is 41.4 Å². The Bertz CT molecular complexity index is 975. The lowest BCUT2D eigenvalue weighted by atomic mass is 10.0. The first-order chi connectivity index (χ1) is 11.6. The molecule has 3 atom stereocenters. The van der Waals surface area contributed by atoms with Gasteiger partial charge in [-0.2, -0.15) is 4.98 Å². The lowest BCUT2D eigenvalue weighted by Crippen LogP contribution is -2.17. The zero-order valence-electron chi connectivity index (χ0n) is 12.3. The second-order valence-electron chi connectivity index (χ2n) is 6.06. The second kappa shape index (κ2) is 4.99. The molecule has 0 spiro atoms. The lowest BCUT2D eigenvalue weighted by Gasteiger charge is -2.13. The van der Waals surface area contributed by atoms with Crippen LogP contribution in [-0.2, 0) is 9.84 Å². The number of halogens is 5. The van der Waals surface area contributed by atoms with Crippen LogP contribution in [0.4, 0.5) is 22.0 Å². The van der Waals surface area contributed by atoms with Gasteiger partial charge in [-0.3, -0.25) is 0 Å². The van der Waals surface area contributed by atoms with E-state index >= 15 is 0 Å². The zero-order valence-corrected chi connectivity index (χ0v) is 13.2. The highest BCUT2D eigenvalue weighted by molar-refractivity contribution is 7.92. The van der Waals surface area contributed by atoms with Crippen molar-refractivity contribution in [2.75, 3.05) is 0 Å². The fraction of sp³-hybridized carbons (Fsp3) is 0.429. The summed E-state index contributed by atoms with van der Waals surface area (Å²) in [7, 11) is -4.53. The Labute approximate surface area is 138 Å². The summed E-state index contributed by atoms with van der Waals surface area (Å²) in [6.07, 6.45) is -2.93. The predicted octanol–water partition coefficient (Wildman–Crippen LogP) is 2.74. The lowest BCUT2D eigenvalue weighted by molar-refractivity contribution is 0.121. The van der Waals surface area contributed by atoms with Gasteiger partial charge in [0.15, 0.2) is 23.6 Å². The van der Waals surface area contributed by atoms with Gasteiger partial charge in [0.25, 0.3) is 11.1 Å². The number of fused-ring (bicyclic) bond motifs is 1. The van der Waals surface area contributed by atoms with Crippen LogP contribution in [0.1, 0.15) is 36.4 Å². The molecule has 1 aliphatic heterocycles. The predicted molar refractivity (Wildman–Crippen MR) is 73.5 cm³/mol. The maximum Gasteiger partial charge on any atom is 0.267 e. The van der Waals surface area contributed by atoms with Gasteiger partial charge in [0.05, 0.1) is 6.04 Å². The summed E-state index contributed by atoms with van der Waals surface area (Å²) in [6.45, 7) is 0. The van der Waals surface area contributed by atoms with E-state index < -0.39 is 62.3 Å². The molecule has 1 aromatic heterocycles. The molecule has 11 heteroatoms. The van der Waals surface area contributed by atoms with Gasteiger partial charge < -0.3 is 0 Å². The molecular formula is C14H10F5N3O2S. The summed E-state index contributed by atoms with van der Waals surface area (Å²) in [5, 5.41) is 0.762. The van der Waals surface area contributed by atoms with E-state index in [1.807, 2.05) is 0 Å². The molecule has 2 heterocycles. The van der Waals surface area contributed by atoms with Crippen molar-refractivity contribution in [3.63, 3.8) is 0 Å². The number of nitrogens with zero attached hydrogens (tertiary/aromatic N) is 3. The van der Waals surface area contributed by atoms with Crippen molar-refractivity contribution in [3.8, 4) is 0 Å². The molecule has 1 aliphatic carbocycles. The fourth-order valence-electron chi connectivity index (χ4n) is 2.97. The van der Waals surface area contributed by atoms with Crippen molar-refractivity contribution in [2.24, 2.45) is 0 Å². The molecule has 4 rings (SSSR count). The van der Waals surface area contributed by atoms with E-state index in [1.54, 1.807) is 0 Å². The van der Waals surface area contributed by atoms with Crippen LogP contribution in [0.15, 0.2) is 23.4 Å². The Hall–Kier alpha value is -2.04. The van der Waals surface area contributed by atoms with Crippen LogP contribution in [0.5, 0.6) is 0 Å². The Balaban J connectivity index is 1.77. The molecule has 1 fully saturated rings. The van der Waals surface area contributed by atoms with Gasteiger partial charge in [-0.15, -0.1) is 5.10 Å². The van der Waals surface area contributed by atoms with Gasteiger partial charge in [-0.25, -0.2) is 35.1 Å². The monoisotopic (exact) mass is 379 g/mol. The fourth-order valence-corrected chi connectivity index (χ4v) is 4.54. The van der Waals surface area contributed by atoms with Gasteiger partial charge in [-0.1, -0.05) is 12.1 Å². The van der Waals surface area contributed by atoms with Crippen molar-refractivity contribution in [1.82, 2.24) is 14.8 Å². The summed E-state index contributed by atoms with van der Waals surface area (Å²) in [5.41, 5.74) is -0.216. The average Bonchev–Trinajstić information content (AvgIpc) is 2.90. The van der Waals surface area contributed by atoms with Gasteiger partial charge in [0, 0.05) is 18.4 Å². The van der Waals surface area contributed by atoms with Gasteiger partial charge in [0.2, 0.25) is 9.84 Å². The number of alkyl halides is 3. The van der Waals surface area contributed by atoms with E-state index in [4.69, 9.17) is 0 Å². The van der Waals surface area contributed by atoms with Crippen molar-refractivity contribution < 1.29 is 30.4 Å². The standard InChI is InChI=1S/C14H10F5N3O2S/c15-7-3-1-2-6(11(7)17)9-4-8(16)12-20-13(21-22(9)12)25(23,24)10-5-14(10,18)19/h1-3,8-10H,4-5H2/t8-,9-,10-/m0/s1. The molecule has 25 heavy (non-hydrogen) atoms. The molecule has 2 aliphatic rings. The Morgan fingerprint density at radius 3 is 2.56 bits per heavy atom. The molecular weight excluding hydrogens is 369 g/mol. The number of hydrogen-bond donors (Lipinski definition) is 0. The van der Waals surface area contributed by atoms with Crippen LogP contribution in [0.25, 0.3) is 0 Å². The minimum absolute atomic E-state index is 0.216. The van der Waals surface area contributed by atoms with Crippen LogP contribution in [-0.4, -0.2) is 34.4 Å². The van der Waals surface area contributed by atoms with Crippen LogP contribution in [0, 0.1) is 11.6 Å².